The summed E-state index contributed by atoms with van der Waals surface area (Å²) in [5, 5.41) is 0. The first-order chi connectivity index (χ1) is 14.3. The fourth-order valence-electron chi connectivity index (χ4n) is 3.29. The third-order valence-electron chi connectivity index (χ3n) is 4.76. The van der Waals surface area contributed by atoms with Crippen molar-refractivity contribution in [3.63, 3.8) is 0 Å². The first kappa shape index (κ1) is 18.6. The van der Waals surface area contributed by atoms with Crippen LogP contribution in [0.4, 0.5) is 0 Å². The summed E-state index contributed by atoms with van der Waals surface area (Å²) in [4.78, 5) is 0. The quantitative estimate of drug-likeness (QED) is 0.366. The van der Waals surface area contributed by atoms with Gasteiger partial charge in [-0.2, -0.15) is 0 Å². The van der Waals surface area contributed by atoms with Gasteiger partial charge in [0, 0.05) is 11.1 Å². The molecule has 144 valence electrons. The smallest absolute Gasteiger partial charge is 0.135 e. The van der Waals surface area contributed by atoms with Gasteiger partial charge in [-0.1, -0.05) is 60.7 Å². The molecular weight excluding hydrogens is 360 g/mol. The predicted molar refractivity (Wildman–Crippen MR) is 117 cm³/mol. The minimum Gasteiger partial charge on any atom is -0.497 e. The number of ether oxygens (including phenoxy) is 3. The van der Waals surface area contributed by atoms with Crippen LogP contribution in [-0.4, -0.2) is 14.2 Å². The van der Waals surface area contributed by atoms with Crippen LogP contribution in [0.15, 0.2) is 97.1 Å². The van der Waals surface area contributed by atoms with Gasteiger partial charge in [0.1, 0.15) is 23.0 Å². The lowest BCUT2D eigenvalue weighted by molar-refractivity contribution is 0.415. The van der Waals surface area contributed by atoms with Crippen molar-refractivity contribution in [1.29, 1.82) is 0 Å². The molecule has 0 bridgehead atoms. The van der Waals surface area contributed by atoms with Gasteiger partial charge in [-0.25, -0.2) is 0 Å². The normalized spacial score (nSPS) is 10.4. The monoisotopic (exact) mass is 382 g/mol. The van der Waals surface area contributed by atoms with E-state index in [2.05, 4.69) is 24.3 Å². The molecule has 0 saturated heterocycles. The number of benzene rings is 4. The molecule has 29 heavy (non-hydrogen) atoms. The molecule has 0 aliphatic carbocycles. The topological polar surface area (TPSA) is 27.7 Å². The van der Waals surface area contributed by atoms with Gasteiger partial charge in [0.25, 0.3) is 0 Å². The predicted octanol–water partition coefficient (Wildman–Crippen LogP) is 6.83. The maximum absolute atomic E-state index is 6.41. The maximum Gasteiger partial charge on any atom is 0.135 e. The Morgan fingerprint density at radius 3 is 1.38 bits per heavy atom. The summed E-state index contributed by atoms with van der Waals surface area (Å²) in [6.07, 6.45) is 0. The largest absolute Gasteiger partial charge is 0.497 e. The van der Waals surface area contributed by atoms with E-state index < -0.39 is 0 Å². The lowest BCUT2D eigenvalue weighted by Gasteiger charge is -2.15. The Morgan fingerprint density at radius 1 is 0.483 bits per heavy atom. The summed E-state index contributed by atoms with van der Waals surface area (Å²) in [7, 11) is 3.35. The first-order valence-corrected chi connectivity index (χ1v) is 9.43. The van der Waals surface area contributed by atoms with Crippen molar-refractivity contribution in [2.24, 2.45) is 0 Å². The average molecular weight is 382 g/mol. The molecule has 0 N–H and O–H groups in total. The number of rotatable bonds is 6. The van der Waals surface area contributed by atoms with E-state index in [-0.39, 0.29) is 0 Å². The Labute approximate surface area is 171 Å². The minimum atomic E-state index is 0.788. The van der Waals surface area contributed by atoms with E-state index >= 15 is 0 Å². The van der Waals surface area contributed by atoms with Crippen molar-refractivity contribution >= 4 is 0 Å². The highest BCUT2D eigenvalue weighted by atomic mass is 16.5. The zero-order valence-electron chi connectivity index (χ0n) is 16.5. The Bertz CT molecular complexity index is 1030. The van der Waals surface area contributed by atoms with E-state index in [1.54, 1.807) is 14.2 Å². The van der Waals surface area contributed by atoms with Crippen molar-refractivity contribution in [2.45, 2.75) is 0 Å². The average Bonchev–Trinajstić information content (AvgIpc) is 2.80. The highest BCUT2D eigenvalue weighted by Gasteiger charge is 2.12. The van der Waals surface area contributed by atoms with Crippen LogP contribution in [0.2, 0.25) is 0 Å². The summed E-state index contributed by atoms with van der Waals surface area (Å²) >= 11 is 0. The second kappa shape index (κ2) is 8.53. The van der Waals surface area contributed by atoms with E-state index in [1.807, 2.05) is 72.8 Å². The Balaban J connectivity index is 1.75. The van der Waals surface area contributed by atoms with Crippen LogP contribution in [0, 0.1) is 0 Å². The third kappa shape index (κ3) is 4.09. The SMILES string of the molecule is COc1cccc(-c2ccccc2Oc2ccccc2-c2cccc(OC)c2)c1. The highest BCUT2D eigenvalue weighted by molar-refractivity contribution is 5.75. The molecule has 0 saturated carbocycles. The van der Waals surface area contributed by atoms with E-state index in [9.17, 15) is 0 Å². The Kier molecular flexibility index (Phi) is 5.48. The van der Waals surface area contributed by atoms with E-state index in [1.165, 1.54) is 0 Å². The highest BCUT2D eigenvalue weighted by Crippen LogP contribution is 2.39. The molecule has 3 heteroatoms. The molecule has 0 heterocycles. The van der Waals surface area contributed by atoms with E-state index in [4.69, 9.17) is 14.2 Å². The zero-order valence-corrected chi connectivity index (χ0v) is 16.5. The standard InChI is InChI=1S/C26H22O3/c1-27-21-11-7-9-19(17-21)23-13-3-5-15-25(23)29-26-16-6-4-14-24(26)20-10-8-12-22(18-20)28-2/h3-18H,1-2H3. The fourth-order valence-corrected chi connectivity index (χ4v) is 3.29. The van der Waals surface area contributed by atoms with Gasteiger partial charge in [0.05, 0.1) is 14.2 Å². The van der Waals surface area contributed by atoms with Crippen molar-refractivity contribution in [3.05, 3.63) is 97.1 Å². The lowest BCUT2D eigenvalue weighted by Crippen LogP contribution is -1.92. The molecule has 0 spiro atoms. The van der Waals surface area contributed by atoms with Gasteiger partial charge < -0.3 is 14.2 Å². The summed E-state index contributed by atoms with van der Waals surface area (Å²) < 4.78 is 17.2. The van der Waals surface area contributed by atoms with Gasteiger partial charge in [0.2, 0.25) is 0 Å². The molecule has 3 nitrogen and oxygen atoms in total. The van der Waals surface area contributed by atoms with Crippen molar-refractivity contribution in [3.8, 4) is 45.3 Å². The molecule has 4 rings (SSSR count). The van der Waals surface area contributed by atoms with Crippen LogP contribution < -0.4 is 14.2 Å². The van der Waals surface area contributed by atoms with Gasteiger partial charge in [-0.15, -0.1) is 0 Å². The summed E-state index contributed by atoms with van der Waals surface area (Å²) in [5.41, 5.74) is 4.09. The minimum absolute atomic E-state index is 0.788. The second-order valence-electron chi connectivity index (χ2n) is 6.56. The number of hydrogen-bond donors (Lipinski definition) is 0. The van der Waals surface area contributed by atoms with Crippen molar-refractivity contribution in [1.82, 2.24) is 0 Å². The molecule has 0 aliphatic heterocycles. The molecular formula is C26H22O3. The number of para-hydroxylation sites is 2. The number of hydrogen-bond acceptors (Lipinski definition) is 3. The lowest BCUT2D eigenvalue weighted by atomic mass is 10.0. The zero-order chi connectivity index (χ0) is 20.1. The molecule has 0 aromatic heterocycles. The molecule has 0 fully saturated rings. The molecule has 0 unspecified atom stereocenters. The molecule has 0 radical (unpaired) electrons. The van der Waals surface area contributed by atoms with E-state index in [0.717, 1.165) is 45.3 Å². The van der Waals surface area contributed by atoms with Crippen LogP contribution in [0.1, 0.15) is 0 Å². The second-order valence-corrected chi connectivity index (χ2v) is 6.56. The van der Waals surface area contributed by atoms with Gasteiger partial charge in [-0.05, 0) is 47.5 Å². The van der Waals surface area contributed by atoms with Crippen molar-refractivity contribution in [2.75, 3.05) is 14.2 Å². The molecule has 0 aliphatic rings. The molecule has 0 amide bonds. The number of methoxy groups -OCH3 is 2. The molecule has 0 atom stereocenters. The summed E-state index contributed by atoms with van der Waals surface area (Å²) in [6.45, 7) is 0. The molecule has 4 aromatic carbocycles. The van der Waals surface area contributed by atoms with Crippen LogP contribution in [-0.2, 0) is 0 Å². The van der Waals surface area contributed by atoms with E-state index in [0.29, 0.717) is 0 Å². The maximum atomic E-state index is 6.41. The van der Waals surface area contributed by atoms with Crippen LogP contribution in [0.25, 0.3) is 22.3 Å². The van der Waals surface area contributed by atoms with Crippen LogP contribution in [0.3, 0.4) is 0 Å². The summed E-state index contributed by atoms with van der Waals surface area (Å²) in [6, 6.07) is 32.0. The third-order valence-corrected chi connectivity index (χ3v) is 4.76. The molecule has 4 aromatic rings. The first-order valence-electron chi connectivity index (χ1n) is 9.43. The Hall–Kier alpha value is -3.72. The Morgan fingerprint density at radius 2 is 0.931 bits per heavy atom. The summed E-state index contributed by atoms with van der Waals surface area (Å²) in [5.74, 6) is 3.20. The van der Waals surface area contributed by atoms with Gasteiger partial charge >= 0.3 is 0 Å². The van der Waals surface area contributed by atoms with Crippen LogP contribution in [0.5, 0.6) is 23.0 Å². The van der Waals surface area contributed by atoms with Crippen molar-refractivity contribution < 1.29 is 14.2 Å². The fraction of sp³-hybridized carbons (Fsp3) is 0.0769. The van der Waals surface area contributed by atoms with Crippen LogP contribution >= 0.6 is 0 Å². The van der Waals surface area contributed by atoms with Gasteiger partial charge in [0.15, 0.2) is 0 Å². The van der Waals surface area contributed by atoms with Gasteiger partial charge in [-0.3, -0.25) is 0 Å².